The number of hydrogen-bond donors (Lipinski definition) is 2. The van der Waals surface area contributed by atoms with E-state index in [0.29, 0.717) is 35.4 Å². The molecule has 0 aromatic carbocycles. The summed E-state index contributed by atoms with van der Waals surface area (Å²) in [5.74, 6) is -0.323. The maximum absolute atomic E-state index is 11.8. The molecule has 2 amide bonds. The van der Waals surface area contributed by atoms with Crippen molar-refractivity contribution in [2.24, 2.45) is 7.05 Å². The number of carbonyl (C=O) groups is 2. The molecule has 0 unspecified atom stereocenters. The van der Waals surface area contributed by atoms with E-state index in [-0.39, 0.29) is 11.8 Å². The molecule has 0 atom stereocenters. The van der Waals surface area contributed by atoms with Crippen LogP contribution in [-0.4, -0.2) is 29.5 Å². The number of nitrogens with zero attached hydrogens (tertiary/aromatic N) is 1. The second-order valence-corrected chi connectivity index (χ2v) is 4.58. The summed E-state index contributed by atoms with van der Waals surface area (Å²) in [6.45, 7) is 2.45. The van der Waals surface area contributed by atoms with Gasteiger partial charge in [-0.15, -0.1) is 0 Å². The lowest BCUT2D eigenvalue weighted by atomic mass is 10.3. The lowest BCUT2D eigenvalue weighted by molar-refractivity contribution is -0.118. The Hall–Kier alpha value is -1.20. The van der Waals surface area contributed by atoms with Gasteiger partial charge in [0.2, 0.25) is 5.91 Å². The molecule has 0 saturated carbocycles. The average Bonchev–Trinajstić information content (AvgIpc) is 2.56. The fraction of sp³-hybridized carbons (Fsp3) is 0.455. The van der Waals surface area contributed by atoms with Gasteiger partial charge in [0.1, 0.15) is 10.8 Å². The van der Waals surface area contributed by atoms with E-state index in [9.17, 15) is 9.59 Å². The van der Waals surface area contributed by atoms with E-state index in [1.165, 1.54) is 17.6 Å². The van der Waals surface area contributed by atoms with E-state index in [4.69, 9.17) is 23.2 Å². The topological polar surface area (TPSA) is 63.1 Å². The highest BCUT2D eigenvalue weighted by molar-refractivity contribution is 6.41. The van der Waals surface area contributed by atoms with Crippen molar-refractivity contribution in [3.8, 4) is 0 Å². The van der Waals surface area contributed by atoms with Gasteiger partial charge >= 0.3 is 0 Å². The predicted molar refractivity (Wildman–Crippen MR) is 71.1 cm³/mol. The van der Waals surface area contributed by atoms with Crippen LogP contribution in [0.25, 0.3) is 0 Å². The van der Waals surface area contributed by atoms with Crippen LogP contribution in [0.1, 0.15) is 23.8 Å². The number of amides is 2. The van der Waals surface area contributed by atoms with Crippen LogP contribution in [0, 0.1) is 0 Å². The van der Waals surface area contributed by atoms with Crippen molar-refractivity contribution < 1.29 is 9.59 Å². The Morgan fingerprint density at radius 3 is 2.39 bits per heavy atom. The number of rotatable bonds is 5. The second-order valence-electron chi connectivity index (χ2n) is 3.82. The Kier molecular flexibility index (Phi) is 5.50. The molecule has 0 aliphatic carbocycles. The third kappa shape index (κ3) is 3.92. The van der Waals surface area contributed by atoms with E-state index in [0.717, 1.165) is 0 Å². The summed E-state index contributed by atoms with van der Waals surface area (Å²) in [5, 5.41) is 6.05. The van der Waals surface area contributed by atoms with Crippen LogP contribution < -0.4 is 10.6 Å². The van der Waals surface area contributed by atoms with Crippen LogP contribution in [0.2, 0.25) is 10.2 Å². The molecular weight excluding hydrogens is 277 g/mol. The minimum Gasteiger partial charge on any atom is -0.356 e. The maximum atomic E-state index is 11.8. The molecule has 1 aromatic heterocycles. The van der Waals surface area contributed by atoms with Crippen LogP contribution in [0.4, 0.5) is 0 Å². The Bertz CT molecular complexity index is 457. The zero-order chi connectivity index (χ0) is 13.7. The van der Waals surface area contributed by atoms with E-state index < -0.39 is 0 Å². The fourth-order valence-electron chi connectivity index (χ4n) is 1.41. The highest BCUT2D eigenvalue weighted by Crippen LogP contribution is 2.24. The van der Waals surface area contributed by atoms with Crippen LogP contribution in [0.5, 0.6) is 0 Å². The number of carbonyl (C=O) groups excluding carboxylic acids is 2. The Labute approximate surface area is 115 Å². The Morgan fingerprint density at radius 1 is 1.28 bits per heavy atom. The lowest BCUT2D eigenvalue weighted by Gasteiger charge is -2.06. The first-order chi connectivity index (χ1) is 8.43. The molecule has 0 fully saturated rings. The molecule has 1 aromatic rings. The van der Waals surface area contributed by atoms with Gasteiger partial charge in [-0.05, 0) is 12.5 Å². The standard InChI is InChI=1S/C11H15Cl2N3O2/c1-7(17)14-4-3-5-15-11(18)9-6-8(12)10(13)16(9)2/h6H,3-5H2,1-2H3,(H,14,17)(H,15,18). The lowest BCUT2D eigenvalue weighted by Crippen LogP contribution is -2.29. The van der Waals surface area contributed by atoms with Gasteiger partial charge in [0.05, 0.1) is 5.02 Å². The van der Waals surface area contributed by atoms with Crippen molar-refractivity contribution >= 4 is 35.0 Å². The summed E-state index contributed by atoms with van der Waals surface area (Å²) in [7, 11) is 1.67. The van der Waals surface area contributed by atoms with Crippen molar-refractivity contribution in [2.75, 3.05) is 13.1 Å². The summed E-state index contributed by atoms with van der Waals surface area (Å²) in [5.41, 5.74) is 0.407. The number of aromatic nitrogens is 1. The second kappa shape index (κ2) is 6.66. The molecule has 0 bridgehead atoms. The molecule has 0 radical (unpaired) electrons. The molecule has 7 heteroatoms. The van der Waals surface area contributed by atoms with Gasteiger partial charge in [-0.25, -0.2) is 0 Å². The molecule has 5 nitrogen and oxygen atoms in total. The van der Waals surface area contributed by atoms with Gasteiger partial charge in [-0.2, -0.15) is 0 Å². The number of halogens is 2. The van der Waals surface area contributed by atoms with Crippen LogP contribution >= 0.6 is 23.2 Å². The summed E-state index contributed by atoms with van der Waals surface area (Å²) < 4.78 is 1.52. The quantitative estimate of drug-likeness (QED) is 0.809. The van der Waals surface area contributed by atoms with E-state index in [2.05, 4.69) is 10.6 Å². The molecule has 0 spiro atoms. The van der Waals surface area contributed by atoms with Gasteiger partial charge in [0, 0.05) is 27.1 Å². The predicted octanol–water partition coefficient (Wildman–Crippen LogP) is 1.59. The van der Waals surface area contributed by atoms with Gasteiger partial charge in [0.15, 0.2) is 0 Å². The zero-order valence-corrected chi connectivity index (χ0v) is 11.7. The molecule has 0 saturated heterocycles. The van der Waals surface area contributed by atoms with Crippen molar-refractivity contribution in [3.05, 3.63) is 21.9 Å². The number of nitrogens with one attached hydrogen (secondary N) is 2. The maximum Gasteiger partial charge on any atom is 0.267 e. The Balaban J connectivity index is 2.41. The summed E-state index contributed by atoms with van der Waals surface area (Å²) in [4.78, 5) is 22.4. The monoisotopic (exact) mass is 291 g/mol. The normalized spacial score (nSPS) is 10.2. The first-order valence-electron chi connectivity index (χ1n) is 5.47. The van der Waals surface area contributed by atoms with Gasteiger partial charge < -0.3 is 15.2 Å². The average molecular weight is 292 g/mol. The van der Waals surface area contributed by atoms with Crippen LogP contribution in [0.3, 0.4) is 0 Å². The van der Waals surface area contributed by atoms with Gasteiger partial charge in [-0.3, -0.25) is 9.59 Å². The van der Waals surface area contributed by atoms with Crippen molar-refractivity contribution in [2.45, 2.75) is 13.3 Å². The van der Waals surface area contributed by atoms with E-state index >= 15 is 0 Å². The first-order valence-corrected chi connectivity index (χ1v) is 6.22. The summed E-state index contributed by atoms with van der Waals surface area (Å²) >= 11 is 11.7. The minimum absolute atomic E-state index is 0.0812. The zero-order valence-electron chi connectivity index (χ0n) is 10.2. The summed E-state index contributed by atoms with van der Waals surface area (Å²) in [6, 6.07) is 1.52. The van der Waals surface area contributed by atoms with Gasteiger partial charge in [-0.1, -0.05) is 23.2 Å². The van der Waals surface area contributed by atoms with E-state index in [1.54, 1.807) is 7.05 Å². The molecule has 100 valence electrons. The molecule has 18 heavy (non-hydrogen) atoms. The third-order valence-corrected chi connectivity index (χ3v) is 3.20. The third-order valence-electron chi connectivity index (χ3n) is 2.36. The van der Waals surface area contributed by atoms with Gasteiger partial charge in [0.25, 0.3) is 5.91 Å². The van der Waals surface area contributed by atoms with Crippen molar-refractivity contribution in [1.82, 2.24) is 15.2 Å². The molecule has 1 rings (SSSR count). The smallest absolute Gasteiger partial charge is 0.267 e. The number of hydrogen-bond acceptors (Lipinski definition) is 2. The van der Waals surface area contributed by atoms with E-state index in [1.807, 2.05) is 0 Å². The van der Waals surface area contributed by atoms with Crippen LogP contribution in [0.15, 0.2) is 6.07 Å². The molecular formula is C11H15Cl2N3O2. The molecule has 0 aliphatic rings. The fourth-order valence-corrected chi connectivity index (χ4v) is 1.78. The molecule has 2 N–H and O–H groups in total. The van der Waals surface area contributed by atoms with Crippen molar-refractivity contribution in [1.29, 1.82) is 0 Å². The molecule has 0 aliphatic heterocycles. The summed E-state index contributed by atoms with van der Waals surface area (Å²) in [6.07, 6.45) is 0.664. The first kappa shape index (κ1) is 14.9. The minimum atomic E-state index is -0.242. The van der Waals surface area contributed by atoms with Crippen LogP contribution in [-0.2, 0) is 11.8 Å². The SMILES string of the molecule is CC(=O)NCCCNC(=O)c1cc(Cl)c(Cl)n1C. The Morgan fingerprint density at radius 2 is 1.89 bits per heavy atom. The highest BCUT2D eigenvalue weighted by Gasteiger charge is 2.14. The largest absolute Gasteiger partial charge is 0.356 e. The highest BCUT2D eigenvalue weighted by atomic mass is 35.5. The van der Waals surface area contributed by atoms with Crippen molar-refractivity contribution in [3.63, 3.8) is 0 Å². The molecule has 1 heterocycles.